The molecular weight excluding hydrogens is 802 g/mol. The van der Waals surface area contributed by atoms with Crippen LogP contribution in [0.1, 0.15) is 28.8 Å². The summed E-state index contributed by atoms with van der Waals surface area (Å²) in [6, 6.07) is 11.1. The van der Waals surface area contributed by atoms with Gasteiger partial charge >= 0.3 is 0 Å². The van der Waals surface area contributed by atoms with Crippen molar-refractivity contribution in [1.82, 2.24) is 15.0 Å². The van der Waals surface area contributed by atoms with E-state index in [-0.39, 0.29) is 23.0 Å². The number of aromatic hydroxyl groups is 1. The summed E-state index contributed by atoms with van der Waals surface area (Å²) in [6.45, 7) is 0. The lowest BCUT2D eigenvalue weighted by Gasteiger charge is -2.13. The van der Waals surface area contributed by atoms with E-state index in [1.54, 1.807) is 22.0 Å². The van der Waals surface area contributed by atoms with E-state index >= 15 is 0 Å². The van der Waals surface area contributed by atoms with E-state index in [2.05, 4.69) is 49.0 Å². The van der Waals surface area contributed by atoms with Crippen LogP contribution in [0.4, 0.5) is 0 Å². The molecule has 0 atom stereocenters. The SMILES string of the molecule is O=C(CSc1nc2sc3c(c2c(=O)n1-c1ccc(Br)cc1)CCCC3)NN=Cc1cc(I)cc(I)c1O. The molecule has 0 saturated carbocycles. The normalized spacial score (nSPS) is 13.3. The molecule has 2 heterocycles. The average molecular weight is 821 g/mol. The van der Waals surface area contributed by atoms with Gasteiger partial charge in [-0.2, -0.15) is 5.10 Å². The number of nitrogens with one attached hydrogen (secondary N) is 1. The maximum absolute atomic E-state index is 13.8. The number of carbonyl (C=O) groups excluding carboxylic acids is 1. The highest BCUT2D eigenvalue weighted by Crippen LogP contribution is 2.35. The number of aromatic nitrogens is 2. The summed E-state index contributed by atoms with van der Waals surface area (Å²) >= 11 is 10.4. The number of thioether (sulfide) groups is 1. The molecule has 1 amide bonds. The number of benzene rings is 2. The largest absolute Gasteiger partial charge is 0.506 e. The van der Waals surface area contributed by atoms with Crippen LogP contribution in [-0.2, 0) is 17.6 Å². The standard InChI is InChI=1S/C25H19BrI2N4O3S2/c26-14-5-7-16(8-6-14)32-24(35)21-17-3-1-2-4-19(17)37-23(21)30-25(32)36-12-20(33)31-29-11-13-9-15(27)10-18(28)22(13)34/h5-11,34H,1-4,12H2,(H,31,33). The lowest BCUT2D eigenvalue weighted by molar-refractivity contribution is -0.118. The number of phenols is 1. The Morgan fingerprint density at radius 1 is 1.24 bits per heavy atom. The lowest BCUT2D eigenvalue weighted by Crippen LogP contribution is -2.24. The Morgan fingerprint density at radius 3 is 2.78 bits per heavy atom. The minimum absolute atomic E-state index is 0.0206. The fourth-order valence-electron chi connectivity index (χ4n) is 4.12. The first-order valence-corrected chi connectivity index (χ1v) is 16.0. The van der Waals surface area contributed by atoms with E-state index in [1.807, 2.05) is 52.9 Å². The Bertz CT molecular complexity index is 1600. The predicted octanol–water partition coefficient (Wildman–Crippen LogP) is 6.25. The van der Waals surface area contributed by atoms with Crippen molar-refractivity contribution in [2.75, 3.05) is 5.75 Å². The van der Waals surface area contributed by atoms with Gasteiger partial charge in [0.2, 0.25) is 0 Å². The van der Waals surface area contributed by atoms with Crippen molar-refractivity contribution in [3.05, 3.63) is 74.4 Å². The van der Waals surface area contributed by atoms with Gasteiger partial charge in [0.1, 0.15) is 10.6 Å². The van der Waals surface area contributed by atoms with Gasteiger partial charge < -0.3 is 5.11 Å². The molecule has 2 aromatic carbocycles. The van der Waals surface area contributed by atoms with Crippen LogP contribution in [0.3, 0.4) is 0 Å². The van der Waals surface area contributed by atoms with E-state index in [1.165, 1.54) is 22.9 Å². The van der Waals surface area contributed by atoms with Crippen molar-refractivity contribution >= 4 is 107 Å². The molecular formula is C25H19BrI2N4O3S2. The highest BCUT2D eigenvalue weighted by molar-refractivity contribution is 14.1. The highest BCUT2D eigenvalue weighted by Gasteiger charge is 2.23. The number of hydrogen-bond acceptors (Lipinski definition) is 7. The van der Waals surface area contributed by atoms with Crippen LogP contribution in [0.15, 0.2) is 55.9 Å². The first-order valence-electron chi connectivity index (χ1n) is 11.3. The molecule has 12 heteroatoms. The molecule has 0 aliphatic heterocycles. The van der Waals surface area contributed by atoms with Crippen LogP contribution in [0.2, 0.25) is 0 Å². The summed E-state index contributed by atoms with van der Waals surface area (Å²) < 4.78 is 4.16. The van der Waals surface area contributed by atoms with Crippen LogP contribution in [-0.4, -0.2) is 32.5 Å². The number of phenolic OH excluding ortho intramolecular Hbond substituents is 1. The number of carbonyl (C=O) groups is 1. The molecule has 37 heavy (non-hydrogen) atoms. The zero-order valence-electron chi connectivity index (χ0n) is 19.1. The molecule has 190 valence electrons. The molecule has 0 spiro atoms. The minimum Gasteiger partial charge on any atom is -0.506 e. The molecule has 4 aromatic rings. The molecule has 5 rings (SSSR count). The van der Waals surface area contributed by atoms with Crippen molar-refractivity contribution in [3.63, 3.8) is 0 Å². The highest BCUT2D eigenvalue weighted by atomic mass is 127. The van der Waals surface area contributed by atoms with Crippen molar-refractivity contribution in [2.45, 2.75) is 30.8 Å². The Labute approximate surface area is 256 Å². The van der Waals surface area contributed by atoms with Gasteiger partial charge in [-0.3, -0.25) is 14.2 Å². The van der Waals surface area contributed by atoms with Crippen molar-refractivity contribution in [3.8, 4) is 11.4 Å². The molecule has 1 aliphatic carbocycles. The molecule has 0 fully saturated rings. The van der Waals surface area contributed by atoms with Crippen molar-refractivity contribution < 1.29 is 9.90 Å². The number of hydrazone groups is 1. The summed E-state index contributed by atoms with van der Waals surface area (Å²) in [4.78, 5) is 33.2. The van der Waals surface area contributed by atoms with Gasteiger partial charge in [0, 0.05) is 18.5 Å². The van der Waals surface area contributed by atoms with Crippen molar-refractivity contribution in [2.24, 2.45) is 5.10 Å². The number of nitrogens with zero attached hydrogens (tertiary/aromatic N) is 3. The summed E-state index contributed by atoms with van der Waals surface area (Å²) in [5.41, 5.74) is 4.74. The number of amides is 1. The van der Waals surface area contributed by atoms with Crippen LogP contribution < -0.4 is 11.0 Å². The van der Waals surface area contributed by atoms with Crippen LogP contribution in [0.25, 0.3) is 15.9 Å². The van der Waals surface area contributed by atoms with E-state index < -0.39 is 0 Å². The topological polar surface area (TPSA) is 96.6 Å². The average Bonchev–Trinajstić information content (AvgIpc) is 3.25. The summed E-state index contributed by atoms with van der Waals surface area (Å²) in [5, 5.41) is 15.4. The molecule has 2 N–H and O–H groups in total. The smallest absolute Gasteiger partial charge is 0.267 e. The fraction of sp³-hybridized carbons (Fsp3) is 0.200. The number of aryl methyl sites for hydroxylation is 2. The van der Waals surface area contributed by atoms with Crippen molar-refractivity contribution in [1.29, 1.82) is 0 Å². The van der Waals surface area contributed by atoms with Gasteiger partial charge in [0.25, 0.3) is 11.5 Å². The van der Waals surface area contributed by atoms with Crippen LogP contribution >= 0.6 is 84.2 Å². The van der Waals surface area contributed by atoms with E-state index in [0.29, 0.717) is 25.4 Å². The lowest BCUT2D eigenvalue weighted by atomic mass is 9.97. The second-order valence-electron chi connectivity index (χ2n) is 8.31. The van der Waals surface area contributed by atoms with E-state index in [0.717, 1.165) is 44.1 Å². The van der Waals surface area contributed by atoms with Gasteiger partial charge in [-0.25, -0.2) is 10.4 Å². The second kappa shape index (κ2) is 11.7. The molecule has 0 radical (unpaired) electrons. The number of fused-ring (bicyclic) bond motifs is 3. The number of hydrogen-bond donors (Lipinski definition) is 2. The van der Waals surface area contributed by atoms with Gasteiger partial charge in [0.15, 0.2) is 5.16 Å². The van der Waals surface area contributed by atoms with Gasteiger partial charge in [-0.1, -0.05) is 27.7 Å². The summed E-state index contributed by atoms with van der Waals surface area (Å²) in [6.07, 6.45) is 5.50. The number of thiophene rings is 1. The third-order valence-electron chi connectivity index (χ3n) is 5.83. The molecule has 2 aromatic heterocycles. The van der Waals surface area contributed by atoms with Gasteiger partial charge in [0.05, 0.1) is 26.6 Å². The maximum atomic E-state index is 13.8. The summed E-state index contributed by atoms with van der Waals surface area (Å²) in [7, 11) is 0. The number of halogens is 3. The van der Waals surface area contributed by atoms with E-state index in [4.69, 9.17) is 4.98 Å². The zero-order valence-corrected chi connectivity index (χ0v) is 26.7. The third-order valence-corrected chi connectivity index (χ3v) is 9.92. The minimum atomic E-state index is -0.344. The maximum Gasteiger partial charge on any atom is 0.267 e. The van der Waals surface area contributed by atoms with E-state index in [9.17, 15) is 14.7 Å². The quantitative estimate of drug-likeness (QED) is 0.0790. The zero-order chi connectivity index (χ0) is 26.1. The monoisotopic (exact) mass is 820 g/mol. The molecule has 0 unspecified atom stereocenters. The third kappa shape index (κ3) is 5.92. The molecule has 0 saturated heterocycles. The first kappa shape index (κ1) is 27.1. The first-order chi connectivity index (χ1) is 17.8. The van der Waals surface area contributed by atoms with Gasteiger partial charge in [-0.15, -0.1) is 11.3 Å². The molecule has 1 aliphatic rings. The van der Waals surface area contributed by atoms with Crippen LogP contribution in [0, 0.1) is 7.14 Å². The van der Waals surface area contributed by atoms with Gasteiger partial charge in [-0.05, 0) is 113 Å². The second-order valence-corrected chi connectivity index (χ2v) is 13.7. The Kier molecular flexibility index (Phi) is 8.58. The summed E-state index contributed by atoms with van der Waals surface area (Å²) in [5.74, 6) is -0.210. The Morgan fingerprint density at radius 2 is 2.00 bits per heavy atom. The Balaban J connectivity index is 1.42. The number of rotatable bonds is 6. The Hall–Kier alpha value is -1.49. The molecule has 0 bridgehead atoms. The predicted molar refractivity (Wildman–Crippen MR) is 170 cm³/mol. The molecule has 7 nitrogen and oxygen atoms in total. The van der Waals surface area contributed by atoms with Crippen LogP contribution in [0.5, 0.6) is 5.75 Å². The fourth-order valence-corrected chi connectivity index (χ4v) is 8.38.